The number of alkyl halides is 3. The number of hydrogen-bond acceptors (Lipinski definition) is 4. The first kappa shape index (κ1) is 29.3. The molecule has 1 aliphatic rings. The van der Waals surface area contributed by atoms with Crippen molar-refractivity contribution in [3.63, 3.8) is 0 Å². The van der Waals surface area contributed by atoms with Crippen molar-refractivity contribution in [2.45, 2.75) is 57.6 Å². The summed E-state index contributed by atoms with van der Waals surface area (Å²) in [7, 11) is 0. The van der Waals surface area contributed by atoms with Crippen LogP contribution in [0.15, 0.2) is 97.1 Å². The van der Waals surface area contributed by atoms with Gasteiger partial charge in [0, 0.05) is 30.4 Å². The van der Waals surface area contributed by atoms with Gasteiger partial charge in [-0.15, -0.1) is 13.2 Å². The van der Waals surface area contributed by atoms with E-state index in [1.807, 2.05) is 60.7 Å². The lowest BCUT2D eigenvalue weighted by atomic mass is 9.94. The Morgan fingerprint density at radius 3 is 2.30 bits per heavy atom. The Labute approximate surface area is 253 Å². The molecule has 226 valence electrons. The Kier molecular flexibility index (Phi) is 8.28. The summed E-state index contributed by atoms with van der Waals surface area (Å²) >= 11 is 0. The Hall–Kier alpha value is -4.79. The molecule has 1 aliphatic carbocycles. The van der Waals surface area contributed by atoms with Crippen molar-refractivity contribution in [3.05, 3.63) is 114 Å². The maximum atomic E-state index is 12.8. The summed E-state index contributed by atoms with van der Waals surface area (Å²) in [5.74, 6) is -0.404. The second-order valence-electron chi connectivity index (χ2n) is 11.2. The zero-order valence-electron chi connectivity index (χ0n) is 24.0. The van der Waals surface area contributed by atoms with E-state index in [0.717, 1.165) is 53.8 Å². The molecular weight excluding hydrogens is 567 g/mol. The fraction of sp³-hybridized carbons (Fsp3) is 0.257. The van der Waals surface area contributed by atoms with E-state index in [4.69, 9.17) is 4.98 Å². The third-order valence-electron chi connectivity index (χ3n) is 8.09. The molecular formula is C35H32F3N3O3. The van der Waals surface area contributed by atoms with Crippen LogP contribution in [0.1, 0.15) is 59.6 Å². The number of para-hydroxylation sites is 1. The average molecular weight is 600 g/mol. The zero-order chi connectivity index (χ0) is 30.7. The van der Waals surface area contributed by atoms with Crippen molar-refractivity contribution in [2.24, 2.45) is 0 Å². The lowest BCUT2D eigenvalue weighted by Crippen LogP contribution is -2.22. The number of carbonyl (C=O) groups is 1. The average Bonchev–Trinajstić information content (AvgIpc) is 3.40. The predicted molar refractivity (Wildman–Crippen MR) is 164 cm³/mol. The molecule has 1 fully saturated rings. The normalized spacial score (nSPS) is 14.1. The summed E-state index contributed by atoms with van der Waals surface area (Å²) in [5, 5.41) is 9.53. The number of aromatic carboxylic acids is 1. The molecule has 0 unspecified atom stereocenters. The molecule has 1 heterocycles. The van der Waals surface area contributed by atoms with Crippen molar-refractivity contribution < 1.29 is 27.8 Å². The maximum absolute atomic E-state index is 12.8. The van der Waals surface area contributed by atoms with Crippen LogP contribution in [0.4, 0.5) is 18.9 Å². The van der Waals surface area contributed by atoms with E-state index in [0.29, 0.717) is 30.2 Å². The number of benzene rings is 4. The number of fused-ring (bicyclic) bond motifs is 1. The number of rotatable bonds is 9. The van der Waals surface area contributed by atoms with E-state index in [2.05, 4.69) is 14.2 Å². The number of halogens is 3. The van der Waals surface area contributed by atoms with E-state index in [1.165, 1.54) is 18.6 Å². The molecule has 9 heteroatoms. The number of imidazole rings is 1. The fourth-order valence-corrected chi connectivity index (χ4v) is 6.06. The van der Waals surface area contributed by atoms with E-state index >= 15 is 0 Å². The zero-order valence-corrected chi connectivity index (χ0v) is 24.0. The summed E-state index contributed by atoms with van der Waals surface area (Å²) in [6.45, 7) is 0.903. The monoisotopic (exact) mass is 599 g/mol. The van der Waals surface area contributed by atoms with Crippen LogP contribution < -0.4 is 9.64 Å². The topological polar surface area (TPSA) is 67.6 Å². The quantitative estimate of drug-likeness (QED) is 0.183. The second kappa shape index (κ2) is 12.4. The van der Waals surface area contributed by atoms with Gasteiger partial charge in [-0.1, -0.05) is 73.9 Å². The van der Waals surface area contributed by atoms with Crippen LogP contribution in [0.25, 0.3) is 22.4 Å². The van der Waals surface area contributed by atoms with Crippen LogP contribution in [0.2, 0.25) is 0 Å². The summed E-state index contributed by atoms with van der Waals surface area (Å²) in [5.41, 5.74) is 5.41. The van der Waals surface area contributed by atoms with Gasteiger partial charge in [-0.05, 0) is 66.4 Å². The SMILES string of the molecule is O=C(O)c1ccc2c(c1)nc(-c1ccc(CN(Cc3cccc(OC(F)(F)F)c3)c3ccccc3)cc1)n2C1CCCCC1. The van der Waals surface area contributed by atoms with E-state index < -0.39 is 12.3 Å². The molecule has 0 atom stereocenters. The molecule has 0 amide bonds. The summed E-state index contributed by atoms with van der Waals surface area (Å²) in [6.07, 6.45) is 0.868. The standard InChI is InChI=1S/C35H32F3N3O3/c36-35(37,38)44-30-13-7-8-25(20-30)23-40(28-9-3-1-4-10-28)22-24-14-16-26(17-15-24)33-39-31-21-27(34(42)43)18-19-32(31)41(33)29-11-5-2-6-12-29/h1,3-4,7-10,13-21,29H,2,5-6,11-12,22-23H2,(H,42,43). The molecule has 6 rings (SSSR count). The van der Waals surface area contributed by atoms with Gasteiger partial charge < -0.3 is 19.3 Å². The van der Waals surface area contributed by atoms with Crippen LogP contribution in [0.3, 0.4) is 0 Å². The summed E-state index contributed by atoms with van der Waals surface area (Å²) in [6, 6.07) is 29.4. The molecule has 0 aliphatic heterocycles. The second-order valence-corrected chi connectivity index (χ2v) is 11.2. The minimum absolute atomic E-state index is 0.212. The van der Waals surface area contributed by atoms with Gasteiger partial charge in [0.05, 0.1) is 16.6 Å². The first-order valence-corrected chi connectivity index (χ1v) is 14.7. The molecule has 0 bridgehead atoms. The number of hydrogen-bond donors (Lipinski definition) is 1. The highest BCUT2D eigenvalue weighted by atomic mass is 19.4. The molecule has 6 nitrogen and oxygen atoms in total. The Morgan fingerprint density at radius 2 is 1.59 bits per heavy atom. The summed E-state index contributed by atoms with van der Waals surface area (Å²) in [4.78, 5) is 18.7. The minimum atomic E-state index is -4.75. The number of ether oxygens (including phenoxy) is 1. The van der Waals surface area contributed by atoms with Gasteiger partial charge in [-0.3, -0.25) is 0 Å². The fourth-order valence-electron chi connectivity index (χ4n) is 6.06. The molecule has 44 heavy (non-hydrogen) atoms. The number of aromatic nitrogens is 2. The lowest BCUT2D eigenvalue weighted by Gasteiger charge is -2.26. The van der Waals surface area contributed by atoms with Gasteiger partial charge in [-0.2, -0.15) is 0 Å². The van der Waals surface area contributed by atoms with Crippen molar-refractivity contribution in [1.82, 2.24) is 9.55 Å². The van der Waals surface area contributed by atoms with Crippen molar-refractivity contribution in [3.8, 4) is 17.1 Å². The largest absolute Gasteiger partial charge is 0.573 e. The van der Waals surface area contributed by atoms with Gasteiger partial charge >= 0.3 is 12.3 Å². The molecule has 4 aromatic carbocycles. The minimum Gasteiger partial charge on any atom is -0.478 e. The van der Waals surface area contributed by atoms with Gasteiger partial charge in [0.25, 0.3) is 0 Å². The highest BCUT2D eigenvalue weighted by molar-refractivity contribution is 5.93. The highest BCUT2D eigenvalue weighted by Crippen LogP contribution is 2.36. The molecule has 5 aromatic rings. The third kappa shape index (κ3) is 6.72. The number of nitrogens with zero attached hydrogens (tertiary/aromatic N) is 3. The molecule has 0 saturated heterocycles. The predicted octanol–water partition coefficient (Wildman–Crippen LogP) is 9.01. The van der Waals surface area contributed by atoms with E-state index in [9.17, 15) is 23.1 Å². The lowest BCUT2D eigenvalue weighted by molar-refractivity contribution is -0.274. The highest BCUT2D eigenvalue weighted by Gasteiger charge is 2.31. The van der Waals surface area contributed by atoms with Crippen LogP contribution in [0.5, 0.6) is 5.75 Å². The Balaban J connectivity index is 1.30. The first-order chi connectivity index (χ1) is 21.2. The smallest absolute Gasteiger partial charge is 0.478 e. The molecule has 1 N–H and O–H groups in total. The van der Waals surface area contributed by atoms with Gasteiger partial charge in [0.2, 0.25) is 0 Å². The van der Waals surface area contributed by atoms with Gasteiger partial charge in [0.15, 0.2) is 0 Å². The number of carboxylic acid groups (broad SMARTS) is 1. The Bertz CT molecular complexity index is 1740. The van der Waals surface area contributed by atoms with Gasteiger partial charge in [-0.25, -0.2) is 9.78 Å². The third-order valence-corrected chi connectivity index (χ3v) is 8.09. The van der Waals surface area contributed by atoms with E-state index in [1.54, 1.807) is 24.3 Å². The van der Waals surface area contributed by atoms with Crippen LogP contribution in [0, 0.1) is 0 Å². The maximum Gasteiger partial charge on any atom is 0.573 e. The Morgan fingerprint density at radius 1 is 0.864 bits per heavy atom. The summed E-state index contributed by atoms with van der Waals surface area (Å²) < 4.78 is 44.9. The van der Waals surface area contributed by atoms with E-state index in [-0.39, 0.29) is 11.3 Å². The molecule has 1 aromatic heterocycles. The van der Waals surface area contributed by atoms with Crippen molar-refractivity contribution in [2.75, 3.05) is 4.90 Å². The molecule has 1 saturated carbocycles. The van der Waals surface area contributed by atoms with Crippen molar-refractivity contribution >= 4 is 22.7 Å². The van der Waals surface area contributed by atoms with Crippen LogP contribution in [-0.4, -0.2) is 27.0 Å². The van der Waals surface area contributed by atoms with Crippen molar-refractivity contribution in [1.29, 1.82) is 0 Å². The van der Waals surface area contributed by atoms with Crippen LogP contribution in [-0.2, 0) is 13.1 Å². The molecule has 0 spiro atoms. The van der Waals surface area contributed by atoms with Gasteiger partial charge in [0.1, 0.15) is 11.6 Å². The number of anilines is 1. The molecule has 0 radical (unpaired) electrons. The number of carboxylic acids is 1. The van der Waals surface area contributed by atoms with Crippen LogP contribution >= 0.6 is 0 Å². The first-order valence-electron chi connectivity index (χ1n) is 14.7.